The van der Waals surface area contributed by atoms with Crippen molar-refractivity contribution in [2.24, 2.45) is 17.8 Å². The first kappa shape index (κ1) is 27.3. The third-order valence-electron chi connectivity index (χ3n) is 8.34. The minimum absolute atomic E-state index is 0.0196. The van der Waals surface area contributed by atoms with Crippen LogP contribution in [0.1, 0.15) is 31.2 Å². The third kappa shape index (κ3) is 4.63. The van der Waals surface area contributed by atoms with Crippen LogP contribution >= 0.6 is 0 Å². The lowest BCUT2D eigenvalue weighted by Crippen LogP contribution is -2.52. The Morgan fingerprint density at radius 1 is 1.02 bits per heavy atom. The van der Waals surface area contributed by atoms with E-state index in [1.54, 1.807) is 12.1 Å². The van der Waals surface area contributed by atoms with Gasteiger partial charge in [0, 0.05) is 29.3 Å². The number of halogens is 3. The molecule has 0 amide bonds. The number of esters is 1. The average molecular weight is 585 g/mol. The molecule has 0 radical (unpaired) electrons. The average Bonchev–Trinajstić information content (AvgIpc) is 3.34. The molecule has 3 aromatic heterocycles. The quantitative estimate of drug-likeness (QED) is 0.301. The van der Waals surface area contributed by atoms with Gasteiger partial charge in [-0.15, -0.1) is 0 Å². The second kappa shape index (κ2) is 10.2. The molecule has 41 heavy (non-hydrogen) atoms. The standard InChI is InChI=1S/C29H27F3N4O4S/c1-15-3-9-19(10-4-15)41(38,39)36-14-21(20-11-18(30)13-33-28(20)36)26-22(31)12-23(32)27(35-26)34-25-17-7-5-16(6-8-17)24(25)29(37)40-2/h3-4,9-14,16-17,24-25H,5-8H2,1-2H3,(H,34,35)/t16?,17?,24-,25?/m0/s1. The Labute approximate surface area is 234 Å². The number of rotatable bonds is 6. The first-order valence-corrected chi connectivity index (χ1v) is 14.7. The summed E-state index contributed by atoms with van der Waals surface area (Å²) >= 11 is 0. The zero-order chi connectivity index (χ0) is 29.1. The van der Waals surface area contributed by atoms with Gasteiger partial charge in [-0.3, -0.25) is 4.79 Å². The van der Waals surface area contributed by atoms with Crippen molar-refractivity contribution in [3.8, 4) is 11.3 Å². The molecule has 8 nitrogen and oxygen atoms in total. The van der Waals surface area contributed by atoms with E-state index in [-0.39, 0.29) is 44.8 Å². The van der Waals surface area contributed by atoms with Crippen LogP contribution in [-0.2, 0) is 19.6 Å². The molecule has 3 aliphatic rings. The number of fused-ring (bicyclic) bond motifs is 4. The highest BCUT2D eigenvalue weighted by molar-refractivity contribution is 7.90. The Morgan fingerprint density at radius 3 is 2.39 bits per heavy atom. The molecule has 2 bridgehead atoms. The molecule has 1 unspecified atom stereocenters. The van der Waals surface area contributed by atoms with E-state index >= 15 is 8.78 Å². The molecule has 3 saturated carbocycles. The highest BCUT2D eigenvalue weighted by Crippen LogP contribution is 2.47. The summed E-state index contributed by atoms with van der Waals surface area (Å²) in [4.78, 5) is 20.8. The lowest BCUT2D eigenvalue weighted by molar-refractivity contribution is -0.152. The smallest absolute Gasteiger partial charge is 0.311 e. The first-order valence-electron chi connectivity index (χ1n) is 13.3. The van der Waals surface area contributed by atoms with E-state index in [2.05, 4.69) is 15.3 Å². The molecule has 3 heterocycles. The van der Waals surface area contributed by atoms with Crippen LogP contribution in [0.15, 0.2) is 53.7 Å². The first-order chi connectivity index (χ1) is 19.6. The van der Waals surface area contributed by atoms with Crippen molar-refractivity contribution in [2.75, 3.05) is 12.4 Å². The number of hydrogen-bond donors (Lipinski definition) is 1. The minimum Gasteiger partial charge on any atom is -0.469 e. The molecule has 1 N–H and O–H groups in total. The molecule has 3 aliphatic carbocycles. The van der Waals surface area contributed by atoms with Crippen molar-refractivity contribution in [2.45, 2.75) is 43.5 Å². The number of pyridine rings is 2. The van der Waals surface area contributed by atoms with E-state index in [9.17, 15) is 17.6 Å². The molecule has 0 aliphatic heterocycles. The fourth-order valence-electron chi connectivity index (χ4n) is 6.30. The van der Waals surface area contributed by atoms with Crippen LogP contribution in [0.25, 0.3) is 22.3 Å². The van der Waals surface area contributed by atoms with Crippen LogP contribution in [-0.4, -0.2) is 41.5 Å². The van der Waals surface area contributed by atoms with Gasteiger partial charge in [-0.05, 0) is 62.6 Å². The monoisotopic (exact) mass is 584 g/mol. The fraction of sp³-hybridized carbons (Fsp3) is 0.345. The van der Waals surface area contributed by atoms with Crippen molar-refractivity contribution in [1.82, 2.24) is 13.9 Å². The Morgan fingerprint density at radius 2 is 1.71 bits per heavy atom. The Kier molecular flexibility index (Phi) is 6.75. The largest absolute Gasteiger partial charge is 0.469 e. The Hall–Kier alpha value is -3.93. The summed E-state index contributed by atoms with van der Waals surface area (Å²) in [7, 11) is -2.91. The summed E-state index contributed by atoms with van der Waals surface area (Å²) in [6, 6.07) is 7.31. The predicted molar refractivity (Wildman–Crippen MR) is 145 cm³/mol. The Balaban J connectivity index is 1.47. The molecule has 7 rings (SSSR count). The summed E-state index contributed by atoms with van der Waals surface area (Å²) < 4.78 is 77.8. The number of aromatic nitrogens is 3. The number of hydrogen-bond acceptors (Lipinski definition) is 7. The fourth-order valence-corrected chi connectivity index (χ4v) is 7.62. The van der Waals surface area contributed by atoms with Gasteiger partial charge >= 0.3 is 5.97 Å². The van der Waals surface area contributed by atoms with E-state index < -0.39 is 45.4 Å². The Bertz CT molecular complexity index is 1770. The summed E-state index contributed by atoms with van der Waals surface area (Å²) in [6.45, 7) is 1.81. The van der Waals surface area contributed by atoms with Crippen molar-refractivity contribution in [3.05, 3.63) is 71.8 Å². The molecule has 3 fully saturated rings. The number of nitrogens with one attached hydrogen (secondary N) is 1. The van der Waals surface area contributed by atoms with E-state index in [1.807, 2.05) is 6.92 Å². The zero-order valence-electron chi connectivity index (χ0n) is 22.3. The molecule has 0 saturated heterocycles. The predicted octanol–water partition coefficient (Wildman–Crippen LogP) is 5.45. The van der Waals surface area contributed by atoms with E-state index in [0.29, 0.717) is 6.07 Å². The van der Waals surface area contributed by atoms with Crippen molar-refractivity contribution in [1.29, 1.82) is 0 Å². The van der Waals surface area contributed by atoms with E-state index in [4.69, 9.17) is 4.74 Å². The molecule has 214 valence electrons. The maximum absolute atomic E-state index is 15.3. The normalized spacial score (nSPS) is 22.2. The van der Waals surface area contributed by atoms with Crippen molar-refractivity contribution >= 4 is 32.8 Å². The van der Waals surface area contributed by atoms with Gasteiger partial charge in [-0.2, -0.15) is 0 Å². The highest BCUT2D eigenvalue weighted by Gasteiger charge is 2.48. The van der Waals surface area contributed by atoms with Crippen molar-refractivity contribution in [3.63, 3.8) is 0 Å². The zero-order valence-corrected chi connectivity index (χ0v) is 23.1. The summed E-state index contributed by atoms with van der Waals surface area (Å²) in [5.74, 6) is -3.88. The van der Waals surface area contributed by atoms with Gasteiger partial charge in [0.25, 0.3) is 10.0 Å². The van der Waals surface area contributed by atoms with Gasteiger partial charge in [0.05, 0.1) is 24.1 Å². The van der Waals surface area contributed by atoms with Gasteiger partial charge in [-0.25, -0.2) is 35.5 Å². The van der Waals surface area contributed by atoms with Crippen LogP contribution in [0.3, 0.4) is 0 Å². The number of anilines is 1. The molecular formula is C29H27F3N4O4S. The summed E-state index contributed by atoms with van der Waals surface area (Å²) in [5, 5.41) is 3.02. The van der Waals surface area contributed by atoms with Crippen LogP contribution in [0.2, 0.25) is 0 Å². The molecule has 0 spiro atoms. The van der Waals surface area contributed by atoms with E-state index in [0.717, 1.165) is 53.7 Å². The highest BCUT2D eigenvalue weighted by atomic mass is 32.2. The number of carbonyl (C=O) groups excluding carboxylic acids is 1. The van der Waals surface area contributed by atoms with Gasteiger partial charge in [0.2, 0.25) is 0 Å². The second-order valence-electron chi connectivity index (χ2n) is 10.7. The molecule has 1 aromatic carbocycles. The maximum atomic E-state index is 15.3. The molecule has 12 heteroatoms. The maximum Gasteiger partial charge on any atom is 0.311 e. The van der Waals surface area contributed by atoms with Gasteiger partial charge in [-0.1, -0.05) is 17.7 Å². The molecule has 4 aromatic rings. The SMILES string of the molecule is COC(=O)[C@H]1C2CCC(CC2)C1Nc1nc(-c2cn(S(=O)(=O)c3ccc(C)cc3)c3ncc(F)cc23)c(F)cc1F. The number of carbonyl (C=O) groups is 1. The third-order valence-corrected chi connectivity index (χ3v) is 10.0. The molecular weight excluding hydrogens is 557 g/mol. The number of benzene rings is 1. The van der Waals surface area contributed by atoms with Crippen LogP contribution < -0.4 is 5.32 Å². The number of aryl methyl sites for hydroxylation is 1. The van der Waals surface area contributed by atoms with Crippen LogP contribution in [0.4, 0.5) is 19.0 Å². The van der Waals surface area contributed by atoms with Gasteiger partial charge in [0.15, 0.2) is 23.1 Å². The van der Waals surface area contributed by atoms with Gasteiger partial charge < -0.3 is 10.1 Å². The topological polar surface area (TPSA) is 103 Å². The number of ether oxygens (including phenoxy) is 1. The second-order valence-corrected chi connectivity index (χ2v) is 12.5. The summed E-state index contributed by atoms with van der Waals surface area (Å²) in [5.41, 5.74) is 0.232. The lowest BCUT2D eigenvalue weighted by Gasteiger charge is -2.47. The summed E-state index contributed by atoms with van der Waals surface area (Å²) in [6.07, 6.45) is 5.39. The van der Waals surface area contributed by atoms with Gasteiger partial charge in [0.1, 0.15) is 11.5 Å². The van der Waals surface area contributed by atoms with Crippen LogP contribution in [0.5, 0.6) is 0 Å². The lowest BCUT2D eigenvalue weighted by atomic mass is 9.61. The van der Waals surface area contributed by atoms with Crippen LogP contribution in [0, 0.1) is 42.1 Å². The molecule has 2 atom stereocenters. The minimum atomic E-state index is -4.22. The number of nitrogens with zero attached hydrogens (tertiary/aromatic N) is 3. The van der Waals surface area contributed by atoms with Crippen molar-refractivity contribution < 1.29 is 31.1 Å². The number of methoxy groups -OCH3 is 1. The van der Waals surface area contributed by atoms with E-state index in [1.165, 1.54) is 19.2 Å².